The molecule has 1 aliphatic carbocycles. The van der Waals surface area contributed by atoms with Crippen LogP contribution in [-0.2, 0) is 17.8 Å². The van der Waals surface area contributed by atoms with Gasteiger partial charge in [0.05, 0.1) is 13.2 Å². The van der Waals surface area contributed by atoms with E-state index in [1.165, 1.54) is 6.42 Å². The van der Waals surface area contributed by atoms with Crippen molar-refractivity contribution < 1.29 is 9.15 Å². The van der Waals surface area contributed by atoms with Crippen LogP contribution in [0.5, 0.6) is 0 Å². The van der Waals surface area contributed by atoms with Gasteiger partial charge in [0, 0.05) is 25.6 Å². The summed E-state index contributed by atoms with van der Waals surface area (Å²) in [5, 5.41) is 8.24. The molecular formula is C17H24N4O2. The van der Waals surface area contributed by atoms with E-state index >= 15 is 0 Å². The van der Waals surface area contributed by atoms with Crippen molar-refractivity contribution in [3.05, 3.63) is 35.8 Å². The Morgan fingerprint density at radius 2 is 2.22 bits per heavy atom. The molecule has 124 valence electrons. The number of rotatable bonds is 5. The predicted molar refractivity (Wildman–Crippen MR) is 84.9 cm³/mol. The number of ether oxygens (including phenoxy) is 1. The summed E-state index contributed by atoms with van der Waals surface area (Å²) >= 11 is 0. The Balaban J connectivity index is 1.40. The monoisotopic (exact) mass is 316 g/mol. The van der Waals surface area contributed by atoms with Crippen molar-refractivity contribution in [1.29, 1.82) is 0 Å². The molecule has 2 aromatic heterocycles. The Morgan fingerprint density at radius 1 is 1.35 bits per heavy atom. The highest BCUT2D eigenvalue weighted by Crippen LogP contribution is 2.47. The van der Waals surface area contributed by atoms with Crippen LogP contribution in [-0.4, -0.2) is 39.4 Å². The molecule has 6 heteroatoms. The zero-order valence-electron chi connectivity index (χ0n) is 13.8. The van der Waals surface area contributed by atoms with Gasteiger partial charge in [-0.15, -0.1) is 10.2 Å². The summed E-state index contributed by atoms with van der Waals surface area (Å²) in [5.41, 5.74) is 0. The van der Waals surface area contributed by atoms with E-state index in [0.717, 1.165) is 49.4 Å². The number of morpholine rings is 1. The Hall–Kier alpha value is -1.66. The van der Waals surface area contributed by atoms with Crippen molar-refractivity contribution in [2.24, 2.45) is 5.92 Å². The van der Waals surface area contributed by atoms with Crippen LogP contribution in [0.4, 0.5) is 0 Å². The van der Waals surface area contributed by atoms with E-state index in [1.54, 1.807) is 6.33 Å². The largest absolute Gasteiger partial charge is 0.464 e. The van der Waals surface area contributed by atoms with Crippen LogP contribution in [0.1, 0.15) is 49.6 Å². The van der Waals surface area contributed by atoms with E-state index in [-0.39, 0.29) is 6.10 Å². The van der Waals surface area contributed by atoms with Gasteiger partial charge in [0.1, 0.15) is 24.0 Å². The fourth-order valence-electron chi connectivity index (χ4n) is 3.38. The predicted octanol–water partition coefficient (Wildman–Crippen LogP) is 2.59. The van der Waals surface area contributed by atoms with Gasteiger partial charge in [-0.25, -0.2) is 0 Å². The summed E-state index contributed by atoms with van der Waals surface area (Å²) in [4.78, 5) is 2.38. The van der Waals surface area contributed by atoms with Crippen molar-refractivity contribution in [2.45, 2.75) is 45.4 Å². The Bertz CT molecular complexity index is 665. The lowest BCUT2D eigenvalue weighted by Gasteiger charge is -2.31. The molecule has 0 unspecified atom stereocenters. The van der Waals surface area contributed by atoms with E-state index in [4.69, 9.17) is 9.15 Å². The van der Waals surface area contributed by atoms with Gasteiger partial charge in [0.15, 0.2) is 5.82 Å². The van der Waals surface area contributed by atoms with Crippen LogP contribution in [0.15, 0.2) is 22.9 Å². The van der Waals surface area contributed by atoms with Crippen molar-refractivity contribution in [3.63, 3.8) is 0 Å². The third kappa shape index (κ3) is 3.05. The average Bonchev–Trinajstić information content (AvgIpc) is 2.97. The number of nitrogens with zero attached hydrogens (tertiary/aromatic N) is 4. The Labute approximate surface area is 136 Å². The molecular weight excluding hydrogens is 292 g/mol. The molecule has 0 spiro atoms. The van der Waals surface area contributed by atoms with Crippen LogP contribution in [0.3, 0.4) is 0 Å². The van der Waals surface area contributed by atoms with Crippen molar-refractivity contribution in [1.82, 2.24) is 19.7 Å². The molecule has 23 heavy (non-hydrogen) atoms. The molecule has 0 aromatic carbocycles. The van der Waals surface area contributed by atoms with E-state index in [1.807, 2.05) is 4.57 Å². The highest BCUT2D eigenvalue weighted by Gasteiger charge is 2.36. The van der Waals surface area contributed by atoms with Gasteiger partial charge in [-0.3, -0.25) is 4.90 Å². The fourth-order valence-corrected chi connectivity index (χ4v) is 3.38. The number of hydrogen-bond donors (Lipinski definition) is 0. The lowest BCUT2D eigenvalue weighted by Crippen LogP contribution is -2.38. The van der Waals surface area contributed by atoms with Crippen molar-refractivity contribution >= 4 is 0 Å². The molecule has 4 rings (SSSR count). The highest BCUT2D eigenvalue weighted by atomic mass is 16.5. The maximum absolute atomic E-state index is 6.04. The second kappa shape index (κ2) is 6.09. The summed E-state index contributed by atoms with van der Waals surface area (Å²) in [6.45, 7) is 8.54. The van der Waals surface area contributed by atoms with Gasteiger partial charge in [0.2, 0.25) is 0 Å². The lowest BCUT2D eigenvalue weighted by molar-refractivity contribution is -0.0406. The van der Waals surface area contributed by atoms with Gasteiger partial charge in [-0.1, -0.05) is 6.92 Å². The smallest absolute Gasteiger partial charge is 0.163 e. The van der Waals surface area contributed by atoms with Gasteiger partial charge in [0.25, 0.3) is 0 Å². The minimum atomic E-state index is -0.0101. The van der Waals surface area contributed by atoms with Crippen LogP contribution in [0.25, 0.3) is 0 Å². The molecule has 2 fully saturated rings. The minimum absolute atomic E-state index is 0.0101. The number of aryl methyl sites for hydroxylation is 1. The second-order valence-corrected chi connectivity index (χ2v) is 6.69. The molecule has 0 radical (unpaired) electrons. The van der Waals surface area contributed by atoms with E-state index in [0.29, 0.717) is 12.5 Å². The van der Waals surface area contributed by atoms with E-state index < -0.39 is 0 Å². The molecule has 1 aliphatic heterocycles. The Kier molecular flexibility index (Phi) is 3.95. The van der Waals surface area contributed by atoms with Crippen LogP contribution in [0, 0.1) is 5.92 Å². The normalized spacial score (nSPS) is 28.2. The summed E-state index contributed by atoms with van der Waals surface area (Å²) < 4.78 is 14.0. The second-order valence-electron chi connectivity index (χ2n) is 6.69. The molecule has 3 atom stereocenters. The number of aromatic nitrogens is 3. The molecule has 2 aliphatic rings. The zero-order valence-corrected chi connectivity index (χ0v) is 13.8. The van der Waals surface area contributed by atoms with E-state index in [9.17, 15) is 0 Å². The first-order valence-electron chi connectivity index (χ1n) is 8.55. The third-order valence-corrected chi connectivity index (χ3v) is 4.96. The average molecular weight is 316 g/mol. The molecule has 0 amide bonds. The lowest BCUT2D eigenvalue weighted by atomic mass is 10.2. The van der Waals surface area contributed by atoms with Gasteiger partial charge >= 0.3 is 0 Å². The number of furan rings is 1. The standard InChI is InChI=1S/C17H24N4O2/c1-3-21-11-18-19-17(21)16-10-20(6-7-22-16)9-13-4-5-15(23-13)14-8-12(14)2/h4-5,11-12,14,16H,3,6-10H2,1-2H3/t12-,14+,16-/m0/s1. The quantitative estimate of drug-likeness (QED) is 0.848. The first-order valence-corrected chi connectivity index (χ1v) is 8.55. The van der Waals surface area contributed by atoms with Crippen LogP contribution in [0.2, 0.25) is 0 Å². The molecule has 3 heterocycles. The van der Waals surface area contributed by atoms with E-state index in [2.05, 4.69) is 41.1 Å². The summed E-state index contributed by atoms with van der Waals surface area (Å²) in [5.74, 6) is 4.55. The molecule has 1 saturated heterocycles. The Morgan fingerprint density at radius 3 is 3.00 bits per heavy atom. The zero-order chi connectivity index (χ0) is 15.8. The van der Waals surface area contributed by atoms with Crippen LogP contribution < -0.4 is 0 Å². The third-order valence-electron chi connectivity index (χ3n) is 4.96. The first kappa shape index (κ1) is 14.9. The molecule has 0 bridgehead atoms. The van der Waals surface area contributed by atoms with Crippen molar-refractivity contribution in [3.8, 4) is 0 Å². The summed E-state index contributed by atoms with van der Waals surface area (Å²) in [6.07, 6.45) is 3.02. The molecule has 0 N–H and O–H groups in total. The topological polar surface area (TPSA) is 56.3 Å². The fraction of sp³-hybridized carbons (Fsp3) is 0.647. The molecule has 2 aromatic rings. The SMILES string of the molecule is CCn1cnnc1[C@@H]1CN(Cc2ccc([C@@H]3C[C@@H]3C)o2)CCO1. The van der Waals surface area contributed by atoms with Gasteiger partial charge in [-0.2, -0.15) is 0 Å². The van der Waals surface area contributed by atoms with Crippen LogP contribution >= 0.6 is 0 Å². The van der Waals surface area contributed by atoms with Gasteiger partial charge < -0.3 is 13.7 Å². The number of hydrogen-bond acceptors (Lipinski definition) is 5. The van der Waals surface area contributed by atoms with Gasteiger partial charge in [-0.05, 0) is 31.4 Å². The minimum Gasteiger partial charge on any atom is -0.464 e. The molecule has 1 saturated carbocycles. The van der Waals surface area contributed by atoms with Crippen molar-refractivity contribution in [2.75, 3.05) is 19.7 Å². The molecule has 6 nitrogen and oxygen atoms in total. The maximum atomic E-state index is 6.04. The first-order chi connectivity index (χ1) is 11.2. The highest BCUT2D eigenvalue weighted by molar-refractivity contribution is 5.17. The summed E-state index contributed by atoms with van der Waals surface area (Å²) in [7, 11) is 0. The summed E-state index contributed by atoms with van der Waals surface area (Å²) in [6, 6.07) is 4.27. The maximum Gasteiger partial charge on any atom is 0.163 e.